The van der Waals surface area contributed by atoms with Gasteiger partial charge in [0, 0.05) is 16.7 Å². The summed E-state index contributed by atoms with van der Waals surface area (Å²) in [6.07, 6.45) is -1.35. The molecule has 2 rings (SSSR count). The Labute approximate surface area is 163 Å². The normalized spacial score (nSPS) is 11.9. The zero-order chi connectivity index (χ0) is 19.8. The number of hydrogen-bond donors (Lipinski definition) is 1. The van der Waals surface area contributed by atoms with E-state index in [0.29, 0.717) is 17.9 Å². The van der Waals surface area contributed by atoms with Gasteiger partial charge in [-0.2, -0.15) is 0 Å². The number of aliphatic hydroxyl groups is 1. The van der Waals surface area contributed by atoms with Gasteiger partial charge in [0.2, 0.25) is 0 Å². The van der Waals surface area contributed by atoms with Crippen LogP contribution in [-0.2, 0) is 25.9 Å². The molecular formula is C20H22ClNO5. The molecular weight excluding hydrogens is 370 g/mol. The number of halogens is 1. The summed E-state index contributed by atoms with van der Waals surface area (Å²) in [4.78, 5) is 26.4. The Morgan fingerprint density at radius 3 is 2.56 bits per heavy atom. The van der Waals surface area contributed by atoms with Crippen LogP contribution in [0.25, 0.3) is 11.3 Å². The summed E-state index contributed by atoms with van der Waals surface area (Å²) in [5, 5.41) is 10.6. The molecule has 1 atom stereocenters. The summed E-state index contributed by atoms with van der Waals surface area (Å²) in [6, 6.07) is 11.1. The topological polar surface area (TPSA) is 77.9 Å². The summed E-state index contributed by atoms with van der Waals surface area (Å²) >= 11 is 6.30. The first-order valence-electron chi connectivity index (χ1n) is 8.52. The molecule has 0 saturated heterocycles. The highest BCUT2D eigenvalue weighted by Crippen LogP contribution is 2.32. The van der Waals surface area contributed by atoms with Crippen LogP contribution in [-0.4, -0.2) is 29.3 Å². The average Bonchev–Trinajstić information content (AvgIpc) is 2.68. The number of benzene rings is 1. The van der Waals surface area contributed by atoms with Crippen LogP contribution in [0.2, 0.25) is 5.15 Å². The molecule has 1 heterocycles. The Morgan fingerprint density at radius 2 is 1.93 bits per heavy atom. The summed E-state index contributed by atoms with van der Waals surface area (Å²) in [5.41, 5.74) is 2.19. The van der Waals surface area contributed by atoms with E-state index in [1.165, 1.54) is 0 Å². The van der Waals surface area contributed by atoms with Gasteiger partial charge >= 0.3 is 5.97 Å². The van der Waals surface area contributed by atoms with Gasteiger partial charge < -0.3 is 9.84 Å². The number of rotatable bonds is 9. The largest absolute Gasteiger partial charge is 0.463 e. The molecule has 0 aliphatic carbocycles. The molecule has 0 aliphatic rings. The Balaban J connectivity index is 2.43. The van der Waals surface area contributed by atoms with Crippen molar-refractivity contribution in [2.45, 2.75) is 26.6 Å². The lowest BCUT2D eigenvalue weighted by Crippen LogP contribution is -2.15. The summed E-state index contributed by atoms with van der Waals surface area (Å²) in [5.74, 6) is -0.694. The number of aliphatic hydroxyl groups excluding tert-OH is 1. The quantitative estimate of drug-likeness (QED) is 0.174. The van der Waals surface area contributed by atoms with Crippen molar-refractivity contribution in [1.82, 2.24) is 4.98 Å². The highest BCUT2D eigenvalue weighted by molar-refractivity contribution is 6.30. The molecule has 0 radical (unpaired) electrons. The first kappa shape index (κ1) is 21.1. The van der Waals surface area contributed by atoms with Gasteiger partial charge in [-0.1, -0.05) is 48.5 Å². The summed E-state index contributed by atoms with van der Waals surface area (Å²) in [6.45, 7) is 7.74. The average molecular weight is 392 g/mol. The first-order chi connectivity index (χ1) is 13.0. The fourth-order valence-electron chi connectivity index (χ4n) is 2.41. The third-order valence-electron chi connectivity index (χ3n) is 3.71. The van der Waals surface area contributed by atoms with Gasteiger partial charge in [0.15, 0.2) is 0 Å². The SMILES string of the molecule is C=C(C(=O)OCC)C(O)c1cc(COOCC)c(-c2ccccc2)nc1Cl. The van der Waals surface area contributed by atoms with Crippen molar-refractivity contribution < 1.29 is 24.4 Å². The Kier molecular flexibility index (Phi) is 7.94. The number of esters is 1. The Bertz CT molecular complexity index is 794. The number of pyridine rings is 1. The van der Waals surface area contributed by atoms with Gasteiger partial charge in [-0.3, -0.25) is 0 Å². The fraction of sp³-hybridized carbons (Fsp3) is 0.300. The van der Waals surface area contributed by atoms with Crippen molar-refractivity contribution in [1.29, 1.82) is 0 Å². The lowest BCUT2D eigenvalue weighted by molar-refractivity contribution is -0.300. The standard InChI is InChI=1S/C20H22ClNO5/c1-4-25-20(24)13(3)18(23)16-11-15(12-27-26-5-2)17(22-19(16)21)14-9-7-6-8-10-14/h6-11,18,23H,3-5,12H2,1-2H3. The van der Waals surface area contributed by atoms with Crippen molar-refractivity contribution >= 4 is 17.6 Å². The van der Waals surface area contributed by atoms with E-state index in [1.54, 1.807) is 19.9 Å². The van der Waals surface area contributed by atoms with Crippen LogP contribution in [0.4, 0.5) is 0 Å². The smallest absolute Gasteiger partial charge is 0.336 e. The molecule has 0 amide bonds. The first-order valence-corrected chi connectivity index (χ1v) is 8.90. The van der Waals surface area contributed by atoms with E-state index in [0.717, 1.165) is 5.56 Å². The molecule has 1 aromatic carbocycles. The van der Waals surface area contributed by atoms with E-state index < -0.39 is 12.1 Å². The number of carbonyl (C=O) groups excluding carboxylic acids is 1. The second kappa shape index (κ2) is 10.2. The second-order valence-electron chi connectivity index (χ2n) is 5.56. The van der Waals surface area contributed by atoms with Gasteiger partial charge in [-0.05, 0) is 19.9 Å². The van der Waals surface area contributed by atoms with E-state index in [-0.39, 0.29) is 29.5 Å². The van der Waals surface area contributed by atoms with Crippen molar-refractivity contribution in [3.8, 4) is 11.3 Å². The number of ether oxygens (including phenoxy) is 1. The van der Waals surface area contributed by atoms with Crippen LogP contribution in [0.5, 0.6) is 0 Å². The molecule has 0 aliphatic heterocycles. The minimum Gasteiger partial charge on any atom is -0.463 e. The van der Waals surface area contributed by atoms with Gasteiger partial charge in [0.05, 0.1) is 24.5 Å². The third-order valence-corrected chi connectivity index (χ3v) is 4.01. The Hall–Kier alpha value is -2.25. The zero-order valence-electron chi connectivity index (χ0n) is 15.3. The highest BCUT2D eigenvalue weighted by Gasteiger charge is 2.24. The molecule has 7 heteroatoms. The fourth-order valence-corrected chi connectivity index (χ4v) is 2.65. The maximum Gasteiger partial charge on any atom is 0.336 e. The monoisotopic (exact) mass is 391 g/mol. The minimum absolute atomic E-state index is 0.0620. The third kappa shape index (κ3) is 5.37. The number of carbonyl (C=O) groups is 1. The van der Waals surface area contributed by atoms with Crippen LogP contribution in [0.15, 0.2) is 48.6 Å². The van der Waals surface area contributed by atoms with Crippen LogP contribution in [0.1, 0.15) is 31.1 Å². The lowest BCUT2D eigenvalue weighted by atomic mass is 9.99. The van der Waals surface area contributed by atoms with Crippen LogP contribution >= 0.6 is 11.6 Å². The van der Waals surface area contributed by atoms with E-state index in [1.807, 2.05) is 30.3 Å². The van der Waals surface area contributed by atoms with Crippen molar-refractivity contribution in [3.63, 3.8) is 0 Å². The maximum absolute atomic E-state index is 11.9. The van der Waals surface area contributed by atoms with E-state index >= 15 is 0 Å². The van der Waals surface area contributed by atoms with Gasteiger partial charge in [-0.25, -0.2) is 19.6 Å². The van der Waals surface area contributed by atoms with Crippen LogP contribution in [0.3, 0.4) is 0 Å². The molecule has 0 saturated carbocycles. The van der Waals surface area contributed by atoms with Crippen molar-refractivity contribution in [2.75, 3.05) is 13.2 Å². The lowest BCUT2D eigenvalue weighted by Gasteiger charge is -2.17. The molecule has 2 aromatic rings. The van der Waals surface area contributed by atoms with Gasteiger partial charge in [0.1, 0.15) is 17.9 Å². The zero-order valence-corrected chi connectivity index (χ0v) is 16.0. The number of aromatic nitrogens is 1. The van der Waals surface area contributed by atoms with E-state index in [2.05, 4.69) is 11.6 Å². The number of hydrogen-bond acceptors (Lipinski definition) is 6. The molecule has 0 spiro atoms. The van der Waals surface area contributed by atoms with Crippen LogP contribution in [0, 0.1) is 0 Å². The predicted molar refractivity (Wildman–Crippen MR) is 102 cm³/mol. The molecule has 144 valence electrons. The Morgan fingerprint density at radius 1 is 1.22 bits per heavy atom. The van der Waals surface area contributed by atoms with Gasteiger partial charge in [0.25, 0.3) is 0 Å². The maximum atomic E-state index is 11.9. The molecule has 27 heavy (non-hydrogen) atoms. The molecule has 1 aromatic heterocycles. The van der Waals surface area contributed by atoms with Crippen LogP contribution < -0.4 is 0 Å². The predicted octanol–water partition coefficient (Wildman–Crippen LogP) is 4.02. The molecule has 6 nitrogen and oxygen atoms in total. The van der Waals surface area contributed by atoms with Crippen molar-refractivity contribution in [3.05, 3.63) is 64.8 Å². The summed E-state index contributed by atoms with van der Waals surface area (Å²) in [7, 11) is 0. The summed E-state index contributed by atoms with van der Waals surface area (Å²) < 4.78 is 4.88. The molecule has 0 bridgehead atoms. The number of nitrogens with zero attached hydrogens (tertiary/aromatic N) is 1. The molecule has 1 unspecified atom stereocenters. The minimum atomic E-state index is -1.35. The van der Waals surface area contributed by atoms with E-state index in [4.69, 9.17) is 26.1 Å². The second-order valence-corrected chi connectivity index (χ2v) is 5.92. The highest BCUT2D eigenvalue weighted by atomic mass is 35.5. The van der Waals surface area contributed by atoms with E-state index in [9.17, 15) is 9.90 Å². The van der Waals surface area contributed by atoms with Crippen molar-refractivity contribution in [2.24, 2.45) is 0 Å². The van der Waals surface area contributed by atoms with Gasteiger partial charge in [-0.15, -0.1) is 0 Å². The molecule has 0 fully saturated rings. The molecule has 1 N–H and O–H groups in total.